The van der Waals surface area contributed by atoms with Crippen LogP contribution in [-0.4, -0.2) is 58.0 Å². The summed E-state index contributed by atoms with van der Waals surface area (Å²) in [7, 11) is 0. The second-order valence-corrected chi connectivity index (χ2v) is 8.50. The summed E-state index contributed by atoms with van der Waals surface area (Å²) < 4.78 is 0. The normalized spacial score (nSPS) is 13.9. The van der Waals surface area contributed by atoms with Crippen LogP contribution in [0.15, 0.2) is 54.6 Å². The Kier molecular flexibility index (Phi) is 10.6. The molecule has 0 fully saturated rings. The number of carboxylic acids is 1. The maximum absolute atomic E-state index is 12.6. The molecule has 0 bridgehead atoms. The van der Waals surface area contributed by atoms with Crippen molar-refractivity contribution in [3.8, 4) is 11.1 Å². The number of hydrogen-bond donors (Lipinski definition) is 4. The van der Waals surface area contributed by atoms with Gasteiger partial charge in [0.25, 0.3) is 0 Å². The summed E-state index contributed by atoms with van der Waals surface area (Å²) in [6.45, 7) is -0.226. The van der Waals surface area contributed by atoms with Gasteiger partial charge in [0.1, 0.15) is 0 Å². The molecule has 0 radical (unpaired) electrons. The van der Waals surface area contributed by atoms with E-state index in [2.05, 4.69) is 5.32 Å². The van der Waals surface area contributed by atoms with Gasteiger partial charge in [-0.05, 0) is 54.4 Å². The number of benzene rings is 2. The van der Waals surface area contributed by atoms with Crippen LogP contribution in [0.2, 0.25) is 0 Å². The zero-order valence-corrected chi connectivity index (χ0v) is 18.6. The van der Waals surface area contributed by atoms with Crippen LogP contribution in [0.1, 0.15) is 24.8 Å². The molecule has 31 heavy (non-hydrogen) atoms. The monoisotopic (exact) mass is 445 g/mol. The van der Waals surface area contributed by atoms with Crippen LogP contribution in [0.5, 0.6) is 0 Å². The van der Waals surface area contributed by atoms with E-state index in [4.69, 9.17) is 0 Å². The molecule has 0 aliphatic rings. The molecule has 4 N–H and O–H groups in total. The lowest BCUT2D eigenvalue weighted by Crippen LogP contribution is -2.46. The van der Waals surface area contributed by atoms with Gasteiger partial charge < -0.3 is 20.6 Å². The van der Waals surface area contributed by atoms with Gasteiger partial charge in [0.2, 0.25) is 5.91 Å². The van der Waals surface area contributed by atoms with Gasteiger partial charge >= 0.3 is 5.97 Å². The first-order valence-corrected chi connectivity index (χ1v) is 11.8. The lowest BCUT2D eigenvalue weighted by molar-refractivity contribution is -0.154. The number of carboxylic acid groups (broad SMARTS) is 1. The number of thioether (sulfide) groups is 1. The third-order valence-corrected chi connectivity index (χ3v) is 5.89. The van der Waals surface area contributed by atoms with Crippen LogP contribution in [0.4, 0.5) is 0 Å². The highest BCUT2D eigenvalue weighted by Crippen LogP contribution is 2.21. The number of aryl methyl sites for hydroxylation is 1. The van der Waals surface area contributed by atoms with Gasteiger partial charge in [-0.1, -0.05) is 54.6 Å². The van der Waals surface area contributed by atoms with Gasteiger partial charge in [-0.2, -0.15) is 11.8 Å². The van der Waals surface area contributed by atoms with E-state index in [1.165, 1.54) is 0 Å². The molecule has 0 aliphatic carbocycles. The Morgan fingerprint density at radius 2 is 1.65 bits per heavy atom. The first-order valence-electron chi connectivity index (χ1n) is 10.4. The van der Waals surface area contributed by atoms with Gasteiger partial charge in [-0.3, -0.25) is 4.79 Å². The summed E-state index contributed by atoms with van der Waals surface area (Å²) in [4.78, 5) is 23.9. The molecule has 2 aromatic rings. The minimum absolute atomic E-state index is 0.226. The van der Waals surface area contributed by atoms with Crippen LogP contribution < -0.4 is 5.32 Å². The molecule has 168 valence electrons. The number of hydrogen-bond acceptors (Lipinski definition) is 5. The molecule has 0 saturated carbocycles. The maximum atomic E-state index is 12.6. The average molecular weight is 446 g/mol. The van der Waals surface area contributed by atoms with Crippen molar-refractivity contribution in [1.29, 1.82) is 0 Å². The molecule has 0 unspecified atom stereocenters. The number of aliphatic carboxylic acids is 1. The highest BCUT2D eigenvalue weighted by atomic mass is 32.2. The van der Waals surface area contributed by atoms with Crippen LogP contribution in [0.3, 0.4) is 0 Å². The lowest BCUT2D eigenvalue weighted by Gasteiger charge is -2.23. The Balaban J connectivity index is 1.95. The first-order chi connectivity index (χ1) is 15.0. The quantitative estimate of drug-likeness (QED) is 0.378. The molecule has 6 nitrogen and oxygen atoms in total. The molecule has 0 saturated heterocycles. The summed E-state index contributed by atoms with van der Waals surface area (Å²) in [6.07, 6.45) is 2.19. The number of rotatable bonds is 13. The minimum atomic E-state index is -1.78. The fraction of sp³-hybridized carbons (Fsp3) is 0.417. The van der Waals surface area contributed by atoms with Crippen molar-refractivity contribution in [3.63, 3.8) is 0 Å². The van der Waals surface area contributed by atoms with Crippen molar-refractivity contribution >= 4 is 23.6 Å². The highest BCUT2D eigenvalue weighted by molar-refractivity contribution is 7.98. The van der Waals surface area contributed by atoms with E-state index in [1.54, 1.807) is 11.8 Å². The zero-order chi connectivity index (χ0) is 22.6. The largest absolute Gasteiger partial charge is 0.479 e. The molecular weight excluding hydrogens is 414 g/mol. The standard InChI is InChI=1S/C24H31NO5S/c1-31-15-14-20(16-26)25-23(28)21(22(27)24(29)30)9-5-6-17-10-12-19(13-11-17)18-7-3-2-4-8-18/h2-4,7-8,10-13,20-22,26-27H,5-6,9,14-16H2,1H3,(H,25,28)(H,29,30)/t20-,21+,22-/m0/s1. The summed E-state index contributed by atoms with van der Waals surface area (Å²) in [5, 5.41) is 31.4. The fourth-order valence-corrected chi connectivity index (χ4v) is 3.92. The van der Waals surface area contributed by atoms with Crippen molar-refractivity contribution in [1.82, 2.24) is 5.32 Å². The first kappa shape index (κ1) is 24.9. The number of amides is 1. The third kappa shape index (κ3) is 8.01. The molecule has 0 heterocycles. The second-order valence-electron chi connectivity index (χ2n) is 7.51. The average Bonchev–Trinajstić information content (AvgIpc) is 2.79. The molecule has 2 aromatic carbocycles. The smallest absolute Gasteiger partial charge is 0.333 e. The SMILES string of the molecule is CSCC[C@@H](CO)NC(=O)[C@H](CCCc1ccc(-c2ccccc2)cc1)[C@H](O)C(=O)O. The summed E-state index contributed by atoms with van der Waals surface area (Å²) >= 11 is 1.60. The van der Waals surface area contributed by atoms with E-state index in [-0.39, 0.29) is 13.0 Å². The number of aliphatic hydroxyl groups is 2. The van der Waals surface area contributed by atoms with Gasteiger partial charge in [0.15, 0.2) is 6.10 Å². The Hall–Kier alpha value is -2.35. The van der Waals surface area contributed by atoms with Crippen LogP contribution >= 0.6 is 11.8 Å². The molecule has 1 amide bonds. The Labute approximate surface area is 187 Å². The van der Waals surface area contributed by atoms with Crippen molar-refractivity contribution in [3.05, 3.63) is 60.2 Å². The van der Waals surface area contributed by atoms with Crippen LogP contribution in [0, 0.1) is 5.92 Å². The van der Waals surface area contributed by atoms with E-state index in [0.717, 1.165) is 22.4 Å². The van der Waals surface area contributed by atoms with Crippen molar-refractivity contribution < 1.29 is 24.9 Å². The lowest BCUT2D eigenvalue weighted by atomic mass is 9.92. The molecular formula is C24H31NO5S. The second kappa shape index (κ2) is 13.1. The van der Waals surface area contributed by atoms with E-state index < -0.39 is 29.9 Å². The third-order valence-electron chi connectivity index (χ3n) is 5.25. The van der Waals surface area contributed by atoms with E-state index in [0.29, 0.717) is 19.3 Å². The molecule has 0 spiro atoms. The van der Waals surface area contributed by atoms with Gasteiger partial charge in [-0.15, -0.1) is 0 Å². The molecule has 0 aliphatic heterocycles. The van der Waals surface area contributed by atoms with Gasteiger partial charge in [0, 0.05) is 0 Å². The maximum Gasteiger partial charge on any atom is 0.333 e. The van der Waals surface area contributed by atoms with E-state index in [9.17, 15) is 24.9 Å². The predicted molar refractivity (Wildman–Crippen MR) is 124 cm³/mol. The molecule has 2 rings (SSSR count). The Morgan fingerprint density at radius 3 is 2.23 bits per heavy atom. The summed E-state index contributed by atoms with van der Waals surface area (Å²) in [5.74, 6) is -2.26. The van der Waals surface area contributed by atoms with Crippen molar-refractivity contribution in [2.45, 2.75) is 37.8 Å². The summed E-state index contributed by atoms with van der Waals surface area (Å²) in [6, 6.07) is 17.7. The molecule has 7 heteroatoms. The predicted octanol–water partition coefficient (Wildman–Crippen LogP) is 2.97. The van der Waals surface area contributed by atoms with Crippen LogP contribution in [0.25, 0.3) is 11.1 Å². The van der Waals surface area contributed by atoms with E-state index >= 15 is 0 Å². The van der Waals surface area contributed by atoms with Crippen LogP contribution in [-0.2, 0) is 16.0 Å². The van der Waals surface area contributed by atoms with Crippen molar-refractivity contribution in [2.75, 3.05) is 18.6 Å². The Bertz CT molecular complexity index is 812. The fourth-order valence-electron chi connectivity index (χ4n) is 3.40. The van der Waals surface area contributed by atoms with Gasteiger partial charge in [-0.25, -0.2) is 4.79 Å². The zero-order valence-electron chi connectivity index (χ0n) is 17.7. The number of carbonyl (C=O) groups excluding carboxylic acids is 1. The summed E-state index contributed by atoms with van der Waals surface area (Å²) in [5.41, 5.74) is 3.33. The minimum Gasteiger partial charge on any atom is -0.479 e. The number of aliphatic hydroxyl groups excluding tert-OH is 2. The molecule has 0 aromatic heterocycles. The van der Waals surface area contributed by atoms with Gasteiger partial charge in [0.05, 0.1) is 18.6 Å². The Morgan fingerprint density at radius 1 is 1.00 bits per heavy atom. The molecule has 3 atom stereocenters. The number of carbonyl (C=O) groups is 2. The number of nitrogens with one attached hydrogen (secondary N) is 1. The topological polar surface area (TPSA) is 107 Å². The van der Waals surface area contributed by atoms with E-state index in [1.807, 2.05) is 60.9 Å². The van der Waals surface area contributed by atoms with Crippen molar-refractivity contribution in [2.24, 2.45) is 5.92 Å². The highest BCUT2D eigenvalue weighted by Gasteiger charge is 2.32.